The normalized spacial score (nSPS) is 18.6. The molecule has 1 aliphatic rings. The zero-order chi connectivity index (χ0) is 15.1. The molecule has 0 spiro atoms. The highest BCUT2D eigenvalue weighted by Gasteiger charge is 2.29. The second-order valence-electron chi connectivity index (χ2n) is 6.26. The number of nitrogens with zero attached hydrogens (tertiary/aromatic N) is 1. The first-order valence-electron chi connectivity index (χ1n) is 6.66. The van der Waals surface area contributed by atoms with Gasteiger partial charge in [0, 0.05) is 13.1 Å². The van der Waals surface area contributed by atoms with E-state index >= 15 is 0 Å². The van der Waals surface area contributed by atoms with Gasteiger partial charge in [-0.1, -0.05) is 6.92 Å². The van der Waals surface area contributed by atoms with E-state index < -0.39 is 11.4 Å². The zero-order valence-corrected chi connectivity index (χ0v) is 12.2. The van der Waals surface area contributed by atoms with Crippen molar-refractivity contribution in [3.05, 3.63) is 29.1 Å². The molecular formula is C15H20FNO3. The summed E-state index contributed by atoms with van der Waals surface area (Å²) >= 11 is 0. The largest absolute Gasteiger partial charge is 0.505 e. The molecule has 4 nitrogen and oxygen atoms in total. The van der Waals surface area contributed by atoms with E-state index in [1.165, 1.54) is 12.1 Å². The zero-order valence-electron chi connectivity index (χ0n) is 12.2. The van der Waals surface area contributed by atoms with Crippen LogP contribution in [0.15, 0.2) is 12.1 Å². The lowest BCUT2D eigenvalue weighted by Gasteiger charge is -2.34. The summed E-state index contributed by atoms with van der Waals surface area (Å²) in [5, 5.41) is 9.46. The maximum Gasteiger partial charge on any atom is 0.410 e. The lowest BCUT2D eigenvalue weighted by atomic mass is 9.91. The molecule has 1 heterocycles. The number of carbonyl (C=O) groups is 1. The molecule has 1 aromatic rings. The number of hydrogen-bond donors (Lipinski definition) is 1. The van der Waals surface area contributed by atoms with Gasteiger partial charge in [0.1, 0.15) is 5.60 Å². The van der Waals surface area contributed by atoms with Gasteiger partial charge < -0.3 is 14.7 Å². The Bertz CT molecular complexity index is 537. The van der Waals surface area contributed by atoms with Gasteiger partial charge >= 0.3 is 6.09 Å². The molecule has 1 unspecified atom stereocenters. The van der Waals surface area contributed by atoms with Crippen LogP contribution < -0.4 is 0 Å². The average Bonchev–Trinajstić information content (AvgIpc) is 2.29. The summed E-state index contributed by atoms with van der Waals surface area (Å²) in [6.45, 7) is 8.16. The Kier molecular flexibility index (Phi) is 3.63. The number of ether oxygens (including phenoxy) is 1. The van der Waals surface area contributed by atoms with Crippen LogP contribution in [0.2, 0.25) is 0 Å². The lowest BCUT2D eigenvalue weighted by molar-refractivity contribution is 0.0208. The molecule has 0 radical (unpaired) electrons. The lowest BCUT2D eigenvalue weighted by Crippen LogP contribution is -2.41. The highest BCUT2D eigenvalue weighted by molar-refractivity contribution is 5.69. The standard InChI is InChI=1S/C15H20FNO3/c1-9-7-17(14(19)20-15(2,3)4)8-10-5-13(18)12(16)6-11(9)10/h5-6,9,18H,7-8H2,1-4H3. The summed E-state index contributed by atoms with van der Waals surface area (Å²) in [6.07, 6.45) is -0.390. The number of amides is 1. The van der Waals surface area contributed by atoms with Gasteiger partial charge in [-0.3, -0.25) is 0 Å². The van der Waals surface area contributed by atoms with Crippen molar-refractivity contribution in [3.63, 3.8) is 0 Å². The number of carbonyl (C=O) groups excluding carboxylic acids is 1. The van der Waals surface area contributed by atoms with Crippen LogP contribution in [0.3, 0.4) is 0 Å². The molecule has 0 fully saturated rings. The summed E-state index contributed by atoms with van der Waals surface area (Å²) in [4.78, 5) is 13.7. The van der Waals surface area contributed by atoms with E-state index in [2.05, 4.69) is 0 Å². The van der Waals surface area contributed by atoms with Gasteiger partial charge in [-0.15, -0.1) is 0 Å². The van der Waals surface area contributed by atoms with E-state index in [-0.39, 0.29) is 17.8 Å². The highest BCUT2D eigenvalue weighted by Crippen LogP contribution is 2.32. The molecule has 1 N–H and O–H groups in total. The Morgan fingerprint density at radius 1 is 1.45 bits per heavy atom. The molecular weight excluding hydrogens is 261 g/mol. The molecule has 0 saturated carbocycles. The van der Waals surface area contributed by atoms with Gasteiger partial charge in [0.05, 0.1) is 0 Å². The predicted octanol–water partition coefficient (Wildman–Crippen LogP) is 3.39. The van der Waals surface area contributed by atoms with E-state index in [4.69, 9.17) is 4.74 Å². The number of phenols is 1. The Morgan fingerprint density at radius 2 is 2.10 bits per heavy atom. The first-order valence-corrected chi connectivity index (χ1v) is 6.66. The van der Waals surface area contributed by atoms with Crippen molar-refractivity contribution in [1.29, 1.82) is 0 Å². The fraction of sp³-hybridized carbons (Fsp3) is 0.533. The Morgan fingerprint density at radius 3 is 2.70 bits per heavy atom. The quantitative estimate of drug-likeness (QED) is 0.793. The fourth-order valence-corrected chi connectivity index (χ4v) is 2.38. The van der Waals surface area contributed by atoms with Gasteiger partial charge in [-0.25, -0.2) is 9.18 Å². The molecule has 0 bridgehead atoms. The van der Waals surface area contributed by atoms with Gasteiger partial charge in [-0.05, 0) is 49.9 Å². The summed E-state index contributed by atoms with van der Waals surface area (Å²) < 4.78 is 18.7. The van der Waals surface area contributed by atoms with Gasteiger partial charge in [0.15, 0.2) is 11.6 Å². The number of fused-ring (bicyclic) bond motifs is 1. The van der Waals surface area contributed by atoms with Crippen molar-refractivity contribution < 1.29 is 19.0 Å². The Labute approximate surface area is 118 Å². The molecule has 1 amide bonds. The number of halogens is 1. The van der Waals surface area contributed by atoms with Crippen LogP contribution in [0.25, 0.3) is 0 Å². The minimum Gasteiger partial charge on any atom is -0.505 e. The van der Waals surface area contributed by atoms with Crippen LogP contribution in [0.5, 0.6) is 5.75 Å². The van der Waals surface area contributed by atoms with Gasteiger partial charge in [0.25, 0.3) is 0 Å². The summed E-state index contributed by atoms with van der Waals surface area (Å²) in [6, 6.07) is 2.74. The fourth-order valence-electron chi connectivity index (χ4n) is 2.38. The van der Waals surface area contributed by atoms with Gasteiger partial charge in [0.2, 0.25) is 0 Å². The van der Waals surface area contributed by atoms with Crippen LogP contribution in [0.4, 0.5) is 9.18 Å². The molecule has 1 atom stereocenters. The second kappa shape index (κ2) is 4.96. The number of aromatic hydroxyl groups is 1. The molecule has 0 aliphatic carbocycles. The van der Waals surface area contributed by atoms with E-state index in [1.54, 1.807) is 4.90 Å². The minimum atomic E-state index is -0.624. The van der Waals surface area contributed by atoms with E-state index in [1.807, 2.05) is 27.7 Å². The van der Waals surface area contributed by atoms with Crippen molar-refractivity contribution in [2.45, 2.75) is 45.8 Å². The number of phenolic OH excluding ortho intramolecular Hbond substituents is 1. The maximum absolute atomic E-state index is 13.4. The van der Waals surface area contributed by atoms with Crippen LogP contribution in [0.1, 0.15) is 44.7 Å². The second-order valence-corrected chi connectivity index (χ2v) is 6.26. The van der Waals surface area contributed by atoms with Crippen molar-refractivity contribution in [1.82, 2.24) is 4.90 Å². The molecule has 20 heavy (non-hydrogen) atoms. The molecule has 110 valence electrons. The minimum absolute atomic E-state index is 0.00127. The number of rotatable bonds is 0. The SMILES string of the molecule is CC1CN(C(=O)OC(C)(C)C)Cc2cc(O)c(F)cc21. The predicted molar refractivity (Wildman–Crippen MR) is 73.1 cm³/mol. The van der Waals surface area contributed by atoms with Gasteiger partial charge in [-0.2, -0.15) is 0 Å². The topological polar surface area (TPSA) is 49.8 Å². The highest BCUT2D eigenvalue weighted by atomic mass is 19.1. The summed E-state index contributed by atoms with van der Waals surface area (Å²) in [7, 11) is 0. The van der Waals surface area contributed by atoms with Crippen molar-refractivity contribution in [2.75, 3.05) is 6.54 Å². The third-order valence-electron chi connectivity index (χ3n) is 3.25. The third kappa shape index (κ3) is 3.03. The smallest absolute Gasteiger partial charge is 0.410 e. The monoisotopic (exact) mass is 281 g/mol. The molecule has 1 aromatic carbocycles. The van der Waals surface area contributed by atoms with Crippen molar-refractivity contribution >= 4 is 6.09 Å². The molecule has 0 aromatic heterocycles. The van der Waals surface area contributed by atoms with Crippen LogP contribution in [-0.4, -0.2) is 28.2 Å². The third-order valence-corrected chi connectivity index (χ3v) is 3.25. The average molecular weight is 281 g/mol. The maximum atomic E-state index is 13.4. The molecule has 5 heteroatoms. The summed E-state index contributed by atoms with van der Waals surface area (Å²) in [5.41, 5.74) is 1.04. The van der Waals surface area contributed by atoms with Crippen LogP contribution in [0, 0.1) is 5.82 Å². The Hall–Kier alpha value is -1.78. The van der Waals surface area contributed by atoms with Crippen LogP contribution in [-0.2, 0) is 11.3 Å². The first kappa shape index (κ1) is 14.6. The van der Waals surface area contributed by atoms with Crippen molar-refractivity contribution in [3.8, 4) is 5.75 Å². The molecule has 2 rings (SSSR count). The van der Waals surface area contributed by atoms with Crippen molar-refractivity contribution in [2.24, 2.45) is 0 Å². The molecule has 0 saturated heterocycles. The molecule has 1 aliphatic heterocycles. The van der Waals surface area contributed by atoms with E-state index in [0.717, 1.165) is 11.1 Å². The first-order chi connectivity index (χ1) is 9.17. The number of benzene rings is 1. The summed E-state index contributed by atoms with van der Waals surface area (Å²) in [5.74, 6) is -1.01. The van der Waals surface area contributed by atoms with Crippen LogP contribution >= 0.6 is 0 Å². The van der Waals surface area contributed by atoms with E-state index in [0.29, 0.717) is 13.1 Å². The number of hydrogen-bond acceptors (Lipinski definition) is 3. The van der Waals surface area contributed by atoms with E-state index in [9.17, 15) is 14.3 Å². The Balaban J connectivity index is 2.23.